The predicted octanol–water partition coefficient (Wildman–Crippen LogP) is 7.35. The summed E-state index contributed by atoms with van der Waals surface area (Å²) in [5.41, 5.74) is 10.7. The molecule has 4 aromatic rings. The van der Waals surface area contributed by atoms with Gasteiger partial charge in [-0.05, 0) is 162 Å². The highest BCUT2D eigenvalue weighted by Gasteiger charge is 2.47. The summed E-state index contributed by atoms with van der Waals surface area (Å²) in [6.45, 7) is 14.0. The lowest BCUT2D eigenvalue weighted by Gasteiger charge is -2.33. The van der Waals surface area contributed by atoms with Crippen molar-refractivity contribution in [3.05, 3.63) is 88.2 Å². The molecule has 42 heavy (non-hydrogen) atoms. The zero-order chi connectivity index (χ0) is 29.6. The Hall–Kier alpha value is -3.44. The SMILES string of the molecule is Cc1cc(-c2[nH]c3ccc(C(C)(C)C(=O)N4C5CCC4CC5)cc3c2C[C@H](C)NCCc2ccncc2)cc(C)c1C. The van der Waals surface area contributed by atoms with Gasteiger partial charge in [-0.1, -0.05) is 6.07 Å². The van der Waals surface area contributed by atoms with Crippen molar-refractivity contribution < 1.29 is 4.79 Å². The van der Waals surface area contributed by atoms with Crippen LogP contribution in [0, 0.1) is 20.8 Å². The molecule has 6 rings (SSSR count). The summed E-state index contributed by atoms with van der Waals surface area (Å²) in [7, 11) is 0. The summed E-state index contributed by atoms with van der Waals surface area (Å²) in [6, 6.07) is 16.6. The fourth-order valence-corrected chi connectivity index (χ4v) is 7.36. The number of amides is 1. The molecule has 2 aliphatic heterocycles. The second kappa shape index (κ2) is 11.3. The van der Waals surface area contributed by atoms with Gasteiger partial charge in [0.15, 0.2) is 0 Å². The van der Waals surface area contributed by atoms with Gasteiger partial charge in [-0.25, -0.2) is 0 Å². The van der Waals surface area contributed by atoms with E-state index < -0.39 is 5.41 Å². The maximum atomic E-state index is 14.0. The number of aromatic nitrogens is 2. The average molecular weight is 563 g/mol. The minimum atomic E-state index is -0.570. The van der Waals surface area contributed by atoms with Crippen LogP contribution in [0.15, 0.2) is 54.9 Å². The number of hydrogen-bond acceptors (Lipinski definition) is 3. The van der Waals surface area contributed by atoms with Crippen LogP contribution in [0.4, 0.5) is 0 Å². The number of fused-ring (bicyclic) bond motifs is 3. The minimum Gasteiger partial charge on any atom is -0.354 e. The van der Waals surface area contributed by atoms with Gasteiger partial charge in [0.2, 0.25) is 5.91 Å². The Bertz CT molecular complexity index is 1560. The number of nitrogens with zero attached hydrogens (tertiary/aromatic N) is 2. The van der Waals surface area contributed by atoms with Gasteiger partial charge < -0.3 is 15.2 Å². The topological polar surface area (TPSA) is 61.0 Å². The molecule has 2 aromatic heterocycles. The van der Waals surface area contributed by atoms with Crippen LogP contribution in [0.3, 0.4) is 0 Å². The molecule has 0 saturated carbocycles. The number of carbonyl (C=O) groups excluding carboxylic acids is 1. The van der Waals surface area contributed by atoms with E-state index in [1.54, 1.807) is 0 Å². The molecule has 2 N–H and O–H groups in total. The maximum Gasteiger partial charge on any atom is 0.233 e. The number of pyridine rings is 1. The lowest BCUT2D eigenvalue weighted by atomic mass is 9.82. The third-order valence-electron chi connectivity index (χ3n) is 10.2. The van der Waals surface area contributed by atoms with Gasteiger partial charge in [0.1, 0.15) is 0 Å². The summed E-state index contributed by atoms with van der Waals surface area (Å²) in [4.78, 5) is 24.2. The second-order valence-corrected chi connectivity index (χ2v) is 13.4. The van der Waals surface area contributed by atoms with Crippen LogP contribution in [0.1, 0.15) is 79.8 Å². The molecule has 4 heterocycles. The van der Waals surface area contributed by atoms with E-state index in [1.807, 2.05) is 12.4 Å². The number of nitrogens with one attached hydrogen (secondary N) is 2. The van der Waals surface area contributed by atoms with E-state index in [0.29, 0.717) is 18.0 Å². The van der Waals surface area contributed by atoms with E-state index in [9.17, 15) is 4.79 Å². The Labute approximate surface area is 251 Å². The van der Waals surface area contributed by atoms with Gasteiger partial charge in [-0.15, -0.1) is 0 Å². The molecule has 1 atom stereocenters. The first-order chi connectivity index (χ1) is 20.1. The normalized spacial score (nSPS) is 19.1. The van der Waals surface area contributed by atoms with Gasteiger partial charge >= 0.3 is 0 Å². The number of aromatic amines is 1. The molecule has 0 radical (unpaired) electrons. The Kier molecular flexibility index (Phi) is 7.74. The van der Waals surface area contributed by atoms with Crippen LogP contribution in [0.5, 0.6) is 0 Å². The van der Waals surface area contributed by atoms with Crippen LogP contribution >= 0.6 is 0 Å². The van der Waals surface area contributed by atoms with E-state index in [2.05, 4.69) is 104 Å². The molecule has 220 valence electrons. The third-order valence-corrected chi connectivity index (χ3v) is 10.2. The van der Waals surface area contributed by atoms with Gasteiger partial charge in [-0.3, -0.25) is 9.78 Å². The lowest BCUT2D eigenvalue weighted by Crippen LogP contribution is -2.45. The average Bonchev–Trinajstić information content (AvgIpc) is 3.68. The number of benzene rings is 2. The third kappa shape index (κ3) is 5.28. The molecule has 2 aliphatic rings. The van der Waals surface area contributed by atoms with Crippen LogP contribution in [0.2, 0.25) is 0 Å². The van der Waals surface area contributed by atoms with Crippen LogP contribution < -0.4 is 5.32 Å². The van der Waals surface area contributed by atoms with Crippen molar-refractivity contribution in [3.8, 4) is 11.3 Å². The molecule has 1 amide bonds. The number of hydrogen-bond donors (Lipinski definition) is 2. The molecule has 0 aliphatic carbocycles. The van der Waals surface area contributed by atoms with Gasteiger partial charge in [0, 0.05) is 47.1 Å². The number of rotatable bonds is 9. The van der Waals surface area contributed by atoms with E-state index in [4.69, 9.17) is 0 Å². The molecule has 0 unspecified atom stereocenters. The summed E-state index contributed by atoms with van der Waals surface area (Å²) >= 11 is 0. The number of H-pyrrole nitrogens is 1. The zero-order valence-corrected chi connectivity index (χ0v) is 26.2. The molecule has 5 nitrogen and oxygen atoms in total. The quantitative estimate of drug-likeness (QED) is 0.224. The smallest absolute Gasteiger partial charge is 0.233 e. The summed E-state index contributed by atoms with van der Waals surface area (Å²) < 4.78 is 0. The van der Waals surface area contributed by atoms with Crippen molar-refractivity contribution in [2.45, 2.75) is 104 Å². The Balaban J connectivity index is 1.35. The first-order valence-electron chi connectivity index (χ1n) is 15.8. The van der Waals surface area contributed by atoms with Crippen molar-refractivity contribution in [2.24, 2.45) is 0 Å². The van der Waals surface area contributed by atoms with E-state index >= 15 is 0 Å². The molecule has 2 bridgehead atoms. The van der Waals surface area contributed by atoms with Crippen molar-refractivity contribution >= 4 is 16.8 Å². The Morgan fingerprint density at radius 2 is 1.64 bits per heavy atom. The summed E-state index contributed by atoms with van der Waals surface area (Å²) in [6.07, 6.45) is 10.3. The van der Waals surface area contributed by atoms with Gasteiger partial charge in [-0.2, -0.15) is 0 Å². The Morgan fingerprint density at radius 3 is 2.29 bits per heavy atom. The first-order valence-corrected chi connectivity index (χ1v) is 15.8. The highest BCUT2D eigenvalue weighted by Crippen LogP contribution is 2.42. The minimum absolute atomic E-state index is 0.288. The van der Waals surface area contributed by atoms with Crippen LogP contribution in [0.25, 0.3) is 22.2 Å². The molecule has 0 spiro atoms. The van der Waals surface area contributed by atoms with Crippen LogP contribution in [-0.2, 0) is 23.1 Å². The summed E-state index contributed by atoms with van der Waals surface area (Å²) in [5, 5.41) is 4.99. The van der Waals surface area contributed by atoms with Gasteiger partial charge in [0.05, 0.1) is 5.41 Å². The summed E-state index contributed by atoms with van der Waals surface area (Å²) in [5.74, 6) is 0.292. The second-order valence-electron chi connectivity index (χ2n) is 13.4. The van der Waals surface area contributed by atoms with E-state index in [-0.39, 0.29) is 6.04 Å². The van der Waals surface area contributed by atoms with Crippen molar-refractivity contribution in [3.63, 3.8) is 0 Å². The molecule has 2 aromatic carbocycles. The molecule has 2 saturated heterocycles. The molecule has 5 heteroatoms. The maximum absolute atomic E-state index is 14.0. The highest BCUT2D eigenvalue weighted by atomic mass is 16.2. The molecular weight excluding hydrogens is 516 g/mol. The first kappa shape index (κ1) is 28.7. The van der Waals surface area contributed by atoms with E-state index in [0.717, 1.165) is 56.1 Å². The zero-order valence-electron chi connectivity index (χ0n) is 26.2. The molecular formula is C37H46N4O. The monoisotopic (exact) mass is 562 g/mol. The number of carbonyl (C=O) groups is 1. The highest BCUT2D eigenvalue weighted by molar-refractivity contribution is 5.94. The van der Waals surface area contributed by atoms with Crippen molar-refractivity contribution in [1.82, 2.24) is 20.2 Å². The fraction of sp³-hybridized carbons (Fsp3) is 0.459. The van der Waals surface area contributed by atoms with E-state index in [1.165, 1.54) is 44.5 Å². The predicted molar refractivity (Wildman–Crippen MR) is 173 cm³/mol. The van der Waals surface area contributed by atoms with Crippen LogP contribution in [-0.4, -0.2) is 45.4 Å². The number of aryl methyl sites for hydroxylation is 2. The lowest BCUT2D eigenvalue weighted by molar-refractivity contribution is -0.137. The van der Waals surface area contributed by atoms with Crippen molar-refractivity contribution in [2.75, 3.05) is 6.54 Å². The largest absolute Gasteiger partial charge is 0.354 e. The fourth-order valence-electron chi connectivity index (χ4n) is 7.36. The van der Waals surface area contributed by atoms with Crippen molar-refractivity contribution in [1.29, 1.82) is 0 Å². The standard InChI is InChI=1S/C37H46N4O/c1-23-19-28(20-24(2)26(23)4)35-33(21-25(3)39-18-15-27-13-16-38-17-14-27)32-22-29(7-12-34(32)40-35)37(5,6)36(42)41-30-8-9-31(41)11-10-30/h7,12-14,16-17,19-20,22,25,30-31,39-40H,8-11,15,18,21H2,1-6H3/t25-,30?,31?/m0/s1. The van der Waals surface area contributed by atoms with Gasteiger partial charge in [0.25, 0.3) is 0 Å². The molecule has 2 fully saturated rings. The Morgan fingerprint density at radius 1 is 1.00 bits per heavy atom.